The van der Waals surface area contributed by atoms with Crippen molar-refractivity contribution in [2.75, 3.05) is 5.32 Å². The molecule has 4 rings (SSSR count). The van der Waals surface area contributed by atoms with Crippen molar-refractivity contribution in [2.45, 2.75) is 13.5 Å². The maximum atomic E-state index is 12.9. The maximum Gasteiger partial charge on any atom is 0.295 e. The van der Waals surface area contributed by atoms with Crippen molar-refractivity contribution < 1.29 is 4.79 Å². The third-order valence-electron chi connectivity index (χ3n) is 4.82. The summed E-state index contributed by atoms with van der Waals surface area (Å²) in [5.41, 5.74) is 2.88. The van der Waals surface area contributed by atoms with Crippen LogP contribution in [-0.4, -0.2) is 30.0 Å². The van der Waals surface area contributed by atoms with E-state index in [1.165, 1.54) is 11.0 Å². The number of carbonyl (C=O) groups excluding carboxylic acids is 1. The van der Waals surface area contributed by atoms with Gasteiger partial charge in [0.1, 0.15) is 18.3 Å². The van der Waals surface area contributed by atoms with Crippen molar-refractivity contribution in [3.8, 4) is 5.69 Å². The van der Waals surface area contributed by atoms with Crippen molar-refractivity contribution in [1.29, 1.82) is 0 Å². The fraction of sp³-hybridized carbons (Fsp3) is 0.143. The zero-order chi connectivity index (χ0) is 20.4. The van der Waals surface area contributed by atoms with E-state index >= 15 is 0 Å². The van der Waals surface area contributed by atoms with Crippen LogP contribution in [-0.2, 0) is 13.6 Å². The smallest absolute Gasteiger partial charge is 0.295 e. The van der Waals surface area contributed by atoms with E-state index in [0.717, 1.165) is 11.3 Å². The highest BCUT2D eigenvalue weighted by Crippen LogP contribution is 2.15. The first-order chi connectivity index (χ1) is 14.0. The number of anilines is 1. The van der Waals surface area contributed by atoms with Crippen molar-refractivity contribution >= 4 is 11.6 Å². The zero-order valence-corrected chi connectivity index (χ0v) is 16.1. The van der Waals surface area contributed by atoms with Gasteiger partial charge in [0, 0.05) is 12.6 Å². The average molecular weight is 388 g/mol. The lowest BCUT2D eigenvalue weighted by molar-refractivity contribution is 0.102. The van der Waals surface area contributed by atoms with Crippen LogP contribution in [0.5, 0.6) is 0 Å². The van der Waals surface area contributed by atoms with Gasteiger partial charge < -0.3 is 5.32 Å². The Morgan fingerprint density at radius 3 is 2.45 bits per heavy atom. The highest BCUT2D eigenvalue weighted by atomic mass is 16.2. The highest BCUT2D eigenvalue weighted by Gasteiger charge is 2.18. The number of hydrogen-bond acceptors (Lipinski definition) is 4. The van der Waals surface area contributed by atoms with Crippen molar-refractivity contribution in [3.05, 3.63) is 94.4 Å². The van der Waals surface area contributed by atoms with Crippen molar-refractivity contribution in [3.63, 3.8) is 0 Å². The van der Waals surface area contributed by atoms with E-state index in [-0.39, 0.29) is 17.2 Å². The Hall–Kier alpha value is -3.94. The minimum absolute atomic E-state index is 0.271. The molecule has 8 heteroatoms. The van der Waals surface area contributed by atoms with Gasteiger partial charge in [-0.05, 0) is 36.8 Å². The molecule has 0 bridgehead atoms. The Labute approximate surface area is 167 Å². The number of benzene rings is 2. The van der Waals surface area contributed by atoms with Gasteiger partial charge in [0.15, 0.2) is 0 Å². The van der Waals surface area contributed by atoms with Gasteiger partial charge in [-0.1, -0.05) is 30.3 Å². The SMILES string of the molecule is Cc1c(NC(=O)c2ccc(Cn3cncn3)cc2)c(=O)n(-c2ccccc2)n1C. The molecule has 0 unspecified atom stereocenters. The molecule has 0 atom stereocenters. The standard InChI is InChI=1S/C21H20N6O2/c1-15-19(21(29)27(25(15)2)18-6-4-3-5-7-18)24-20(28)17-10-8-16(9-11-17)12-26-14-22-13-23-26/h3-11,13-14H,12H2,1-2H3,(H,24,28). The minimum atomic E-state index is -0.330. The van der Waals surface area contributed by atoms with Gasteiger partial charge in [-0.25, -0.2) is 14.3 Å². The molecule has 8 nitrogen and oxygen atoms in total. The summed E-state index contributed by atoms with van der Waals surface area (Å²) in [5, 5.41) is 6.84. The maximum absolute atomic E-state index is 12.9. The Morgan fingerprint density at radius 2 is 1.79 bits per heavy atom. The molecule has 2 aromatic carbocycles. The quantitative estimate of drug-likeness (QED) is 0.569. The van der Waals surface area contributed by atoms with Crippen LogP contribution in [0.15, 0.2) is 72.0 Å². The second-order valence-corrected chi connectivity index (χ2v) is 6.68. The topological polar surface area (TPSA) is 86.7 Å². The lowest BCUT2D eigenvalue weighted by Gasteiger charge is -2.07. The number of aromatic nitrogens is 5. The van der Waals surface area contributed by atoms with E-state index in [2.05, 4.69) is 15.4 Å². The average Bonchev–Trinajstić information content (AvgIpc) is 3.32. The van der Waals surface area contributed by atoms with Crippen LogP contribution < -0.4 is 10.9 Å². The molecule has 29 heavy (non-hydrogen) atoms. The normalized spacial score (nSPS) is 10.8. The summed E-state index contributed by atoms with van der Waals surface area (Å²) < 4.78 is 4.97. The van der Waals surface area contributed by atoms with Crippen LogP contribution in [0.1, 0.15) is 21.6 Å². The van der Waals surface area contributed by atoms with Crippen LogP contribution in [0.2, 0.25) is 0 Å². The number of rotatable bonds is 5. The van der Waals surface area contributed by atoms with E-state index < -0.39 is 0 Å². The van der Waals surface area contributed by atoms with Crippen LogP contribution >= 0.6 is 0 Å². The number of nitrogens with one attached hydrogen (secondary N) is 1. The summed E-state index contributed by atoms with van der Waals surface area (Å²) in [6.45, 7) is 2.37. The molecule has 1 amide bonds. The predicted molar refractivity (Wildman–Crippen MR) is 109 cm³/mol. The number of amides is 1. The zero-order valence-electron chi connectivity index (χ0n) is 16.1. The molecular formula is C21H20N6O2. The fourth-order valence-electron chi connectivity index (χ4n) is 3.16. The van der Waals surface area contributed by atoms with E-state index in [1.54, 1.807) is 41.8 Å². The van der Waals surface area contributed by atoms with Crippen LogP contribution in [0.25, 0.3) is 5.69 Å². The second kappa shape index (κ2) is 7.59. The van der Waals surface area contributed by atoms with Gasteiger partial charge in [-0.3, -0.25) is 14.3 Å². The Kier molecular flexibility index (Phi) is 4.82. The van der Waals surface area contributed by atoms with Gasteiger partial charge in [0.25, 0.3) is 11.5 Å². The van der Waals surface area contributed by atoms with E-state index in [1.807, 2.05) is 42.5 Å². The summed E-state index contributed by atoms with van der Waals surface area (Å²) in [6, 6.07) is 16.5. The fourth-order valence-corrected chi connectivity index (χ4v) is 3.16. The monoisotopic (exact) mass is 388 g/mol. The minimum Gasteiger partial charge on any atom is -0.316 e. The summed E-state index contributed by atoms with van der Waals surface area (Å²) in [7, 11) is 1.79. The predicted octanol–water partition coefficient (Wildman–Crippen LogP) is 2.38. The second-order valence-electron chi connectivity index (χ2n) is 6.68. The van der Waals surface area contributed by atoms with Crippen LogP contribution in [0.4, 0.5) is 5.69 Å². The van der Waals surface area contributed by atoms with Gasteiger partial charge in [-0.15, -0.1) is 0 Å². The first-order valence-corrected chi connectivity index (χ1v) is 9.11. The molecule has 0 fully saturated rings. The molecular weight excluding hydrogens is 368 g/mol. The summed E-state index contributed by atoms with van der Waals surface area (Å²) in [5.74, 6) is -0.330. The first kappa shape index (κ1) is 18.4. The molecule has 0 saturated heterocycles. The molecule has 0 aliphatic carbocycles. The van der Waals surface area contributed by atoms with Crippen molar-refractivity contribution in [1.82, 2.24) is 24.1 Å². The molecule has 0 aliphatic rings. The van der Waals surface area contributed by atoms with Crippen LogP contribution in [0, 0.1) is 6.92 Å². The third-order valence-corrected chi connectivity index (χ3v) is 4.82. The molecule has 2 heterocycles. The highest BCUT2D eigenvalue weighted by molar-refractivity contribution is 6.04. The van der Waals surface area contributed by atoms with Gasteiger partial charge in [-0.2, -0.15) is 5.10 Å². The number of hydrogen-bond donors (Lipinski definition) is 1. The Balaban J connectivity index is 1.56. The molecule has 0 saturated carbocycles. The molecule has 0 radical (unpaired) electrons. The number of nitrogens with zero attached hydrogens (tertiary/aromatic N) is 5. The lowest BCUT2D eigenvalue weighted by atomic mass is 10.1. The molecule has 4 aromatic rings. The number of carbonyl (C=O) groups is 1. The van der Waals surface area contributed by atoms with E-state index in [9.17, 15) is 9.59 Å². The molecule has 146 valence electrons. The Morgan fingerprint density at radius 1 is 1.07 bits per heavy atom. The largest absolute Gasteiger partial charge is 0.316 e. The Bertz CT molecular complexity index is 1190. The number of para-hydroxylation sites is 1. The van der Waals surface area contributed by atoms with Gasteiger partial charge >= 0.3 is 0 Å². The van der Waals surface area contributed by atoms with E-state index in [0.29, 0.717) is 17.8 Å². The molecule has 2 aromatic heterocycles. The van der Waals surface area contributed by atoms with E-state index in [4.69, 9.17) is 0 Å². The van der Waals surface area contributed by atoms with Crippen molar-refractivity contribution in [2.24, 2.45) is 7.05 Å². The third kappa shape index (κ3) is 3.60. The lowest BCUT2D eigenvalue weighted by Crippen LogP contribution is -2.23. The van der Waals surface area contributed by atoms with Crippen LogP contribution in [0.3, 0.4) is 0 Å². The van der Waals surface area contributed by atoms with Gasteiger partial charge in [0.2, 0.25) is 0 Å². The summed E-state index contributed by atoms with van der Waals surface area (Å²) in [6.07, 6.45) is 3.11. The first-order valence-electron chi connectivity index (χ1n) is 9.11. The molecule has 0 aliphatic heterocycles. The van der Waals surface area contributed by atoms with Gasteiger partial charge in [0.05, 0.1) is 17.9 Å². The summed E-state index contributed by atoms with van der Waals surface area (Å²) >= 11 is 0. The summed E-state index contributed by atoms with van der Waals surface area (Å²) in [4.78, 5) is 29.5. The molecule has 1 N–H and O–H groups in total. The molecule has 0 spiro atoms.